The maximum Gasteiger partial charge on any atom is 0.252 e. The SMILES string of the molecule is CN1CCN(c2cc(-c3cnc4c(c3)C(c3ccc5c(c3)C3(CCCCC3)NC5=O)=CCC4)ccn2)CC1. The first-order valence-corrected chi connectivity index (χ1v) is 14.2. The van der Waals surface area contributed by atoms with Crippen LogP contribution in [-0.4, -0.2) is 54.0 Å². The zero-order chi connectivity index (χ0) is 25.7. The largest absolute Gasteiger partial charge is 0.354 e. The molecule has 1 amide bonds. The van der Waals surface area contributed by atoms with Gasteiger partial charge in [-0.25, -0.2) is 4.98 Å². The summed E-state index contributed by atoms with van der Waals surface area (Å²) in [6.07, 6.45) is 13.9. The highest BCUT2D eigenvalue weighted by molar-refractivity contribution is 6.01. The average molecular weight is 506 g/mol. The predicted octanol–water partition coefficient (Wildman–Crippen LogP) is 5.18. The molecule has 1 aromatic carbocycles. The van der Waals surface area contributed by atoms with E-state index >= 15 is 0 Å². The lowest BCUT2D eigenvalue weighted by molar-refractivity contribution is 0.0909. The summed E-state index contributed by atoms with van der Waals surface area (Å²) in [7, 11) is 2.18. The molecule has 0 radical (unpaired) electrons. The van der Waals surface area contributed by atoms with E-state index in [4.69, 9.17) is 4.98 Å². The highest BCUT2D eigenvalue weighted by Crippen LogP contribution is 2.44. The summed E-state index contributed by atoms with van der Waals surface area (Å²) in [5.74, 6) is 1.13. The van der Waals surface area contributed by atoms with Gasteiger partial charge in [0.2, 0.25) is 0 Å². The minimum absolute atomic E-state index is 0.0873. The number of hydrogen-bond acceptors (Lipinski definition) is 5. The van der Waals surface area contributed by atoms with Crippen LogP contribution in [0, 0.1) is 0 Å². The van der Waals surface area contributed by atoms with E-state index in [1.54, 1.807) is 0 Å². The Hall–Kier alpha value is -3.51. The van der Waals surface area contributed by atoms with Gasteiger partial charge in [0.25, 0.3) is 5.91 Å². The first-order valence-electron chi connectivity index (χ1n) is 14.2. The number of aryl methyl sites for hydroxylation is 1. The molecule has 2 aromatic heterocycles. The van der Waals surface area contributed by atoms with Crippen LogP contribution in [0.15, 0.2) is 54.9 Å². The fraction of sp³-hybridized carbons (Fsp3) is 0.406. The molecular weight excluding hydrogens is 470 g/mol. The van der Waals surface area contributed by atoms with Gasteiger partial charge in [-0.2, -0.15) is 0 Å². The van der Waals surface area contributed by atoms with E-state index in [0.29, 0.717) is 0 Å². The summed E-state index contributed by atoms with van der Waals surface area (Å²) in [5.41, 5.74) is 8.93. The summed E-state index contributed by atoms with van der Waals surface area (Å²) in [4.78, 5) is 27.2. The van der Waals surface area contributed by atoms with Gasteiger partial charge in [0.1, 0.15) is 5.82 Å². The van der Waals surface area contributed by atoms with Gasteiger partial charge in [-0.05, 0) is 85.3 Å². The number of likely N-dealkylation sites (N-methyl/N-ethyl adjacent to an activating group) is 1. The number of nitrogens with one attached hydrogen (secondary N) is 1. The number of piperazine rings is 1. The van der Waals surface area contributed by atoms with Gasteiger partial charge in [-0.1, -0.05) is 31.4 Å². The van der Waals surface area contributed by atoms with Crippen molar-refractivity contribution in [2.45, 2.75) is 50.5 Å². The van der Waals surface area contributed by atoms with Gasteiger partial charge < -0.3 is 15.1 Å². The van der Waals surface area contributed by atoms with Crippen molar-refractivity contribution in [2.24, 2.45) is 0 Å². The van der Waals surface area contributed by atoms with Crippen molar-refractivity contribution in [3.63, 3.8) is 0 Å². The predicted molar refractivity (Wildman–Crippen MR) is 151 cm³/mol. The molecule has 2 fully saturated rings. The van der Waals surface area contributed by atoms with Gasteiger partial charge in [-0.15, -0.1) is 0 Å². The number of carbonyl (C=O) groups excluding carboxylic acids is 1. The molecule has 6 nitrogen and oxygen atoms in total. The second kappa shape index (κ2) is 9.35. The van der Waals surface area contributed by atoms with Gasteiger partial charge in [-0.3, -0.25) is 9.78 Å². The summed E-state index contributed by atoms with van der Waals surface area (Å²) in [6.45, 7) is 4.12. The molecule has 1 N–H and O–H groups in total. The second-order valence-corrected chi connectivity index (χ2v) is 11.4. The topological polar surface area (TPSA) is 61.4 Å². The average Bonchev–Trinajstić information content (AvgIpc) is 3.23. The first kappa shape index (κ1) is 23.6. The van der Waals surface area contributed by atoms with E-state index in [2.05, 4.69) is 63.6 Å². The van der Waals surface area contributed by atoms with Crippen LogP contribution >= 0.6 is 0 Å². The molecule has 2 aliphatic carbocycles. The Morgan fingerprint density at radius 1 is 0.868 bits per heavy atom. The Bertz CT molecular complexity index is 1430. The zero-order valence-electron chi connectivity index (χ0n) is 22.2. The van der Waals surface area contributed by atoms with Crippen molar-refractivity contribution in [1.29, 1.82) is 0 Å². The van der Waals surface area contributed by atoms with Crippen LogP contribution < -0.4 is 10.2 Å². The molecule has 1 spiro atoms. The monoisotopic (exact) mass is 505 g/mol. The van der Waals surface area contributed by atoms with Crippen molar-refractivity contribution in [2.75, 3.05) is 38.1 Å². The van der Waals surface area contributed by atoms with Crippen molar-refractivity contribution in [1.82, 2.24) is 20.2 Å². The van der Waals surface area contributed by atoms with E-state index in [0.717, 1.165) is 80.1 Å². The number of rotatable bonds is 3. The molecule has 1 saturated heterocycles. The summed E-state index contributed by atoms with van der Waals surface area (Å²) >= 11 is 0. The molecule has 2 aliphatic heterocycles. The highest BCUT2D eigenvalue weighted by atomic mass is 16.2. The number of nitrogens with zero attached hydrogens (tertiary/aromatic N) is 4. The Balaban J connectivity index is 1.24. The van der Waals surface area contributed by atoms with Crippen LogP contribution in [0.1, 0.15) is 71.3 Å². The van der Waals surface area contributed by atoms with Crippen LogP contribution in [0.5, 0.6) is 0 Å². The standard InChI is InChI=1S/C32H35N5O/c1-36-14-16-37(17-15-36)30-20-22(10-13-33-30)24-18-27-25(6-5-7-29(27)34-21-24)23-8-9-26-28(19-23)32(35-31(26)38)11-3-2-4-12-32/h6,8-10,13,18-21H,2-5,7,11-12,14-17H2,1H3,(H,35,38). The number of amides is 1. The summed E-state index contributed by atoms with van der Waals surface area (Å²) < 4.78 is 0. The van der Waals surface area contributed by atoms with Crippen LogP contribution in [0.4, 0.5) is 5.82 Å². The first-order chi connectivity index (χ1) is 18.6. The lowest BCUT2D eigenvalue weighted by Crippen LogP contribution is -2.44. The third kappa shape index (κ3) is 4.02. The number of fused-ring (bicyclic) bond motifs is 3. The van der Waals surface area contributed by atoms with E-state index in [1.165, 1.54) is 41.5 Å². The van der Waals surface area contributed by atoms with Crippen LogP contribution in [0.2, 0.25) is 0 Å². The van der Waals surface area contributed by atoms with E-state index in [1.807, 2.05) is 18.5 Å². The van der Waals surface area contributed by atoms with E-state index in [-0.39, 0.29) is 11.4 Å². The Morgan fingerprint density at radius 2 is 1.71 bits per heavy atom. The molecule has 6 heteroatoms. The molecule has 0 atom stereocenters. The fourth-order valence-electron chi connectivity index (χ4n) is 6.83. The highest BCUT2D eigenvalue weighted by Gasteiger charge is 2.43. The zero-order valence-corrected chi connectivity index (χ0v) is 22.2. The molecule has 38 heavy (non-hydrogen) atoms. The molecule has 3 aromatic rings. The van der Waals surface area contributed by atoms with Gasteiger partial charge in [0.05, 0.1) is 5.54 Å². The number of benzene rings is 1. The van der Waals surface area contributed by atoms with Crippen LogP contribution in [0.3, 0.4) is 0 Å². The van der Waals surface area contributed by atoms with Gasteiger partial charge >= 0.3 is 0 Å². The van der Waals surface area contributed by atoms with Crippen molar-refractivity contribution >= 4 is 17.3 Å². The number of allylic oxidation sites excluding steroid dienone is 1. The number of anilines is 1. The third-order valence-electron chi connectivity index (χ3n) is 9.05. The molecular formula is C32H35N5O. The smallest absolute Gasteiger partial charge is 0.252 e. The van der Waals surface area contributed by atoms with E-state index in [9.17, 15) is 4.79 Å². The number of hydrogen-bond donors (Lipinski definition) is 1. The number of carbonyl (C=O) groups is 1. The molecule has 1 saturated carbocycles. The maximum atomic E-state index is 12.8. The molecule has 0 unspecified atom stereocenters. The lowest BCUT2D eigenvalue weighted by atomic mass is 9.76. The fourth-order valence-corrected chi connectivity index (χ4v) is 6.83. The minimum atomic E-state index is -0.185. The quantitative estimate of drug-likeness (QED) is 0.532. The molecule has 7 rings (SSSR count). The Morgan fingerprint density at radius 3 is 2.55 bits per heavy atom. The van der Waals surface area contributed by atoms with Crippen molar-refractivity contribution < 1.29 is 4.79 Å². The number of aromatic nitrogens is 2. The van der Waals surface area contributed by atoms with Crippen molar-refractivity contribution in [3.8, 4) is 11.1 Å². The summed E-state index contributed by atoms with van der Waals surface area (Å²) in [6, 6.07) is 13.1. The maximum absolute atomic E-state index is 12.8. The number of pyridine rings is 2. The second-order valence-electron chi connectivity index (χ2n) is 11.4. The Labute approximate surface area is 224 Å². The van der Waals surface area contributed by atoms with Crippen molar-refractivity contribution in [3.05, 3.63) is 82.8 Å². The molecule has 4 aliphatic rings. The van der Waals surface area contributed by atoms with Crippen LogP contribution in [0.25, 0.3) is 16.7 Å². The molecule has 194 valence electrons. The van der Waals surface area contributed by atoms with Crippen LogP contribution in [-0.2, 0) is 12.0 Å². The van der Waals surface area contributed by atoms with E-state index < -0.39 is 0 Å². The Kier molecular flexibility index (Phi) is 5.81. The lowest BCUT2D eigenvalue weighted by Gasteiger charge is -2.34. The molecule has 0 bridgehead atoms. The minimum Gasteiger partial charge on any atom is -0.354 e. The van der Waals surface area contributed by atoms with Gasteiger partial charge in [0.15, 0.2) is 0 Å². The third-order valence-corrected chi connectivity index (χ3v) is 9.05. The molecule has 4 heterocycles. The normalized spacial score (nSPS) is 20.6. The summed E-state index contributed by atoms with van der Waals surface area (Å²) in [5, 5.41) is 3.37. The van der Waals surface area contributed by atoms with Gasteiger partial charge in [0, 0.05) is 61.0 Å².